The minimum atomic E-state index is -0.818. The lowest BCUT2D eigenvalue weighted by Gasteiger charge is -2.32. The van der Waals surface area contributed by atoms with Gasteiger partial charge in [-0.1, -0.05) is 29.8 Å². The lowest BCUT2D eigenvalue weighted by Crippen LogP contribution is -2.52. The molecular formula is C18H21ClN4O5. The Balaban J connectivity index is 0.000000878. The Morgan fingerprint density at radius 2 is 2.18 bits per heavy atom. The molecule has 0 aliphatic carbocycles. The maximum Gasteiger partial charge on any atom is 0.290 e. The molecule has 1 saturated heterocycles. The van der Waals surface area contributed by atoms with Gasteiger partial charge in [0.05, 0.1) is 6.04 Å². The first-order valence-corrected chi connectivity index (χ1v) is 8.93. The maximum atomic E-state index is 12.5. The fraction of sp³-hybridized carbons (Fsp3) is 0.333. The number of nitrogens with zero attached hydrogens (tertiary/aromatic N) is 1. The van der Waals surface area contributed by atoms with E-state index in [1.165, 1.54) is 0 Å². The zero-order valence-corrected chi connectivity index (χ0v) is 15.7. The van der Waals surface area contributed by atoms with Crippen molar-refractivity contribution >= 4 is 29.9 Å². The van der Waals surface area contributed by atoms with Gasteiger partial charge in [-0.3, -0.25) is 14.4 Å². The zero-order valence-electron chi connectivity index (χ0n) is 14.9. The first-order valence-electron chi connectivity index (χ1n) is 8.56. The third kappa shape index (κ3) is 6.07. The molecule has 1 aliphatic rings. The van der Waals surface area contributed by atoms with E-state index in [0.717, 1.165) is 18.7 Å². The van der Waals surface area contributed by atoms with E-state index in [-0.39, 0.29) is 24.9 Å². The van der Waals surface area contributed by atoms with E-state index in [1.54, 1.807) is 36.7 Å². The molecule has 28 heavy (non-hydrogen) atoms. The number of H-pyrrole nitrogens is 1. The first kappa shape index (κ1) is 21.4. The quantitative estimate of drug-likeness (QED) is 0.417. The van der Waals surface area contributed by atoms with E-state index in [4.69, 9.17) is 26.2 Å². The van der Waals surface area contributed by atoms with Gasteiger partial charge in [-0.05, 0) is 18.1 Å². The standard InChI is InChI=1S/C17H19ClN4O3.CH2O2/c18-12-5-2-1-4-11(12)15-16(25-10-14(23)22-15)17(24)21-7-3-6-13-19-8-9-20-13;2-1-3/h1-2,4-5,8-9,15-16H,3,6-7,10H2,(H,19,20)(H,21,24)(H,22,23);1H,(H,2,3)/t15-,16+;/m1./s1. The molecule has 4 N–H and O–H groups in total. The number of hydrogen-bond donors (Lipinski definition) is 4. The summed E-state index contributed by atoms with van der Waals surface area (Å²) < 4.78 is 5.48. The topological polar surface area (TPSA) is 133 Å². The number of nitrogens with one attached hydrogen (secondary N) is 3. The number of halogens is 1. The largest absolute Gasteiger partial charge is 0.483 e. The molecule has 0 bridgehead atoms. The predicted octanol–water partition coefficient (Wildman–Crippen LogP) is 1.07. The van der Waals surface area contributed by atoms with Crippen molar-refractivity contribution < 1.29 is 24.2 Å². The van der Waals surface area contributed by atoms with Crippen molar-refractivity contribution in [3.05, 3.63) is 53.1 Å². The first-order chi connectivity index (χ1) is 13.6. The van der Waals surface area contributed by atoms with Crippen molar-refractivity contribution in [3.8, 4) is 0 Å². The summed E-state index contributed by atoms with van der Waals surface area (Å²) >= 11 is 6.21. The number of carbonyl (C=O) groups excluding carboxylic acids is 2. The van der Waals surface area contributed by atoms with Gasteiger partial charge in [-0.2, -0.15) is 0 Å². The molecule has 0 saturated carbocycles. The molecule has 2 atom stereocenters. The Bertz CT molecular complexity index is 784. The monoisotopic (exact) mass is 408 g/mol. The van der Waals surface area contributed by atoms with Crippen LogP contribution in [0.2, 0.25) is 5.02 Å². The van der Waals surface area contributed by atoms with Crippen molar-refractivity contribution in [2.45, 2.75) is 25.0 Å². The van der Waals surface area contributed by atoms with Gasteiger partial charge in [0, 0.05) is 30.4 Å². The van der Waals surface area contributed by atoms with Crippen LogP contribution in [0.5, 0.6) is 0 Å². The van der Waals surface area contributed by atoms with Crippen LogP contribution in [-0.2, 0) is 25.5 Å². The van der Waals surface area contributed by atoms with E-state index < -0.39 is 12.1 Å². The van der Waals surface area contributed by atoms with E-state index in [1.807, 2.05) is 0 Å². The van der Waals surface area contributed by atoms with Crippen LogP contribution in [0.15, 0.2) is 36.7 Å². The average Bonchev–Trinajstić information content (AvgIpc) is 3.19. The van der Waals surface area contributed by atoms with Crippen LogP contribution in [0.3, 0.4) is 0 Å². The number of hydrogen-bond acceptors (Lipinski definition) is 5. The van der Waals surface area contributed by atoms with Gasteiger partial charge < -0.3 is 25.5 Å². The van der Waals surface area contributed by atoms with Crippen molar-refractivity contribution in [1.82, 2.24) is 20.6 Å². The lowest BCUT2D eigenvalue weighted by atomic mass is 9.99. The normalized spacial score (nSPS) is 18.4. The molecule has 0 spiro atoms. The Kier molecular flexibility index (Phi) is 8.44. The second-order valence-corrected chi connectivity index (χ2v) is 6.24. The minimum Gasteiger partial charge on any atom is -0.483 e. The highest BCUT2D eigenvalue weighted by molar-refractivity contribution is 6.31. The number of aryl methyl sites for hydroxylation is 1. The molecule has 1 aliphatic heterocycles. The number of aromatic amines is 1. The molecule has 0 radical (unpaired) electrons. The Morgan fingerprint density at radius 3 is 2.86 bits per heavy atom. The minimum absolute atomic E-state index is 0.147. The van der Waals surface area contributed by atoms with E-state index in [9.17, 15) is 9.59 Å². The average molecular weight is 409 g/mol. The predicted molar refractivity (Wildman–Crippen MR) is 101 cm³/mol. The van der Waals surface area contributed by atoms with Gasteiger partial charge in [-0.15, -0.1) is 0 Å². The molecule has 10 heteroatoms. The fourth-order valence-corrected chi connectivity index (χ4v) is 3.00. The molecule has 1 aromatic heterocycles. The summed E-state index contributed by atoms with van der Waals surface area (Å²) in [7, 11) is 0. The van der Waals surface area contributed by atoms with Crippen molar-refractivity contribution in [2.75, 3.05) is 13.2 Å². The molecule has 1 aromatic carbocycles. The second-order valence-electron chi connectivity index (χ2n) is 5.83. The zero-order chi connectivity index (χ0) is 20.4. The van der Waals surface area contributed by atoms with Crippen LogP contribution in [0.25, 0.3) is 0 Å². The van der Waals surface area contributed by atoms with Crippen molar-refractivity contribution in [2.24, 2.45) is 0 Å². The third-order valence-corrected chi connectivity index (χ3v) is 4.30. The van der Waals surface area contributed by atoms with Crippen LogP contribution in [0.1, 0.15) is 23.9 Å². The summed E-state index contributed by atoms with van der Waals surface area (Å²) in [5.74, 6) is 0.334. The van der Waals surface area contributed by atoms with Gasteiger partial charge in [0.1, 0.15) is 12.4 Å². The molecule has 9 nitrogen and oxygen atoms in total. The highest BCUT2D eigenvalue weighted by Crippen LogP contribution is 2.28. The molecule has 2 heterocycles. The van der Waals surface area contributed by atoms with Crippen molar-refractivity contribution in [1.29, 1.82) is 0 Å². The smallest absolute Gasteiger partial charge is 0.290 e. The van der Waals surface area contributed by atoms with E-state index >= 15 is 0 Å². The molecule has 0 unspecified atom stereocenters. The maximum absolute atomic E-state index is 12.5. The molecule has 2 aromatic rings. The number of carbonyl (C=O) groups is 3. The van der Waals surface area contributed by atoms with Gasteiger partial charge in [0.15, 0.2) is 6.10 Å². The fourth-order valence-electron chi connectivity index (χ4n) is 2.75. The highest BCUT2D eigenvalue weighted by Gasteiger charge is 2.36. The molecule has 2 amide bonds. The number of morpholine rings is 1. The van der Waals surface area contributed by atoms with Crippen LogP contribution < -0.4 is 10.6 Å². The van der Waals surface area contributed by atoms with Crippen LogP contribution >= 0.6 is 11.6 Å². The second kappa shape index (κ2) is 11.1. The van der Waals surface area contributed by atoms with Crippen molar-refractivity contribution in [3.63, 3.8) is 0 Å². The summed E-state index contributed by atoms with van der Waals surface area (Å²) in [6, 6.07) is 6.48. The van der Waals surface area contributed by atoms with E-state index in [2.05, 4.69) is 20.6 Å². The van der Waals surface area contributed by atoms with Crippen LogP contribution in [-0.4, -0.2) is 52.6 Å². The van der Waals surface area contributed by atoms with Gasteiger partial charge in [-0.25, -0.2) is 4.98 Å². The number of benzene rings is 1. The van der Waals surface area contributed by atoms with Gasteiger partial charge >= 0.3 is 0 Å². The third-order valence-electron chi connectivity index (χ3n) is 3.96. The molecule has 3 rings (SSSR count). The number of carboxylic acid groups (broad SMARTS) is 1. The Hall–Kier alpha value is -2.91. The summed E-state index contributed by atoms with van der Waals surface area (Å²) in [6.45, 7) is 0.0913. The highest BCUT2D eigenvalue weighted by atomic mass is 35.5. The van der Waals surface area contributed by atoms with Crippen LogP contribution in [0, 0.1) is 0 Å². The van der Waals surface area contributed by atoms with Gasteiger partial charge in [0.25, 0.3) is 12.4 Å². The number of imidazole rings is 1. The van der Waals surface area contributed by atoms with Gasteiger partial charge in [0.2, 0.25) is 5.91 Å². The number of rotatable bonds is 6. The van der Waals surface area contributed by atoms with E-state index in [0.29, 0.717) is 17.1 Å². The SMILES string of the molecule is O=C1CO[C@H](C(=O)NCCCc2ncc[nH]2)[C@@H](c2ccccc2Cl)N1.O=CO. The lowest BCUT2D eigenvalue weighted by molar-refractivity contribution is -0.148. The van der Waals surface area contributed by atoms with Crippen LogP contribution in [0.4, 0.5) is 0 Å². The number of ether oxygens (including phenoxy) is 1. The number of amides is 2. The molecule has 1 fully saturated rings. The summed E-state index contributed by atoms with van der Waals surface area (Å²) in [4.78, 5) is 39.7. The molecule has 150 valence electrons. The summed E-state index contributed by atoms with van der Waals surface area (Å²) in [5.41, 5.74) is 0.660. The Morgan fingerprint density at radius 1 is 1.43 bits per heavy atom. The Labute approximate surface area is 166 Å². The summed E-state index contributed by atoms with van der Waals surface area (Å²) in [5, 5.41) is 13.0. The number of aromatic nitrogens is 2. The summed E-state index contributed by atoms with van der Waals surface area (Å²) in [6.07, 6.45) is 4.13. The molecular weight excluding hydrogens is 388 g/mol.